The molecule has 0 saturated carbocycles. The summed E-state index contributed by atoms with van der Waals surface area (Å²) in [4.78, 5) is 39.8. The van der Waals surface area contributed by atoms with Crippen molar-refractivity contribution in [2.75, 3.05) is 39.4 Å². The van der Waals surface area contributed by atoms with E-state index in [0.717, 1.165) is 44.4 Å². The van der Waals surface area contributed by atoms with Crippen molar-refractivity contribution in [2.24, 2.45) is 0 Å². The third-order valence-electron chi connectivity index (χ3n) is 8.24. The maximum atomic E-state index is 13.9. The number of morpholine rings is 1. The van der Waals surface area contributed by atoms with Gasteiger partial charge in [-0.3, -0.25) is 4.90 Å². The lowest BCUT2D eigenvalue weighted by Gasteiger charge is -2.40. The average molecular weight is 564 g/mol. The molecule has 0 bridgehead atoms. The first-order valence-electron chi connectivity index (χ1n) is 14.4. The number of fused-ring (bicyclic) bond motifs is 2. The van der Waals surface area contributed by atoms with Gasteiger partial charge in [0.1, 0.15) is 17.4 Å². The quantitative estimate of drug-likeness (QED) is 0.453. The number of hydrogen-bond acceptors (Lipinski definition) is 5. The van der Waals surface area contributed by atoms with Crippen LogP contribution in [0, 0.1) is 6.92 Å². The fourth-order valence-electron chi connectivity index (χ4n) is 6.11. The summed E-state index contributed by atoms with van der Waals surface area (Å²) in [6.07, 6.45) is 3.51. The maximum absolute atomic E-state index is 13.9. The summed E-state index contributed by atoms with van der Waals surface area (Å²) >= 11 is 0. The van der Waals surface area contributed by atoms with Gasteiger partial charge in [0, 0.05) is 49.5 Å². The molecule has 1 N–H and O–H groups in total. The monoisotopic (exact) mass is 563 g/mol. The van der Waals surface area contributed by atoms with E-state index in [4.69, 9.17) is 9.47 Å². The summed E-state index contributed by atoms with van der Waals surface area (Å²) in [7, 11) is 0. The van der Waals surface area contributed by atoms with E-state index in [1.807, 2.05) is 38.1 Å². The molecular weight excluding hydrogens is 525 g/mol. The van der Waals surface area contributed by atoms with Crippen LogP contribution in [-0.4, -0.2) is 88.0 Å². The van der Waals surface area contributed by atoms with Gasteiger partial charge in [-0.2, -0.15) is 0 Å². The maximum Gasteiger partial charge on any atom is 0.410 e. The largest absolute Gasteiger partial charge is 0.444 e. The van der Waals surface area contributed by atoms with Crippen molar-refractivity contribution in [1.29, 1.82) is 0 Å². The molecule has 2 fully saturated rings. The number of hydrogen-bond donors (Lipinski definition) is 1. The number of amides is 3. The minimum absolute atomic E-state index is 0.132. The van der Waals surface area contributed by atoms with Crippen LogP contribution in [0.1, 0.15) is 55.5 Å². The number of rotatable bonds is 2. The van der Waals surface area contributed by atoms with Gasteiger partial charge in [-0.15, -0.1) is 0 Å². The molecule has 2 saturated heterocycles. The molecule has 3 aromatic rings. The number of alkyl halides is 1. The van der Waals surface area contributed by atoms with Crippen LogP contribution in [0.4, 0.5) is 14.0 Å². The molecule has 6 rings (SSSR count). The molecule has 3 amide bonds. The average Bonchev–Trinajstić information content (AvgIpc) is 3.55. The van der Waals surface area contributed by atoms with Crippen LogP contribution in [0.5, 0.6) is 0 Å². The van der Waals surface area contributed by atoms with Gasteiger partial charge in [-0.25, -0.2) is 19.0 Å². The lowest BCUT2D eigenvalue weighted by Crippen LogP contribution is -2.47. The molecule has 10 heteroatoms. The lowest BCUT2D eigenvalue weighted by atomic mass is 9.87. The predicted molar refractivity (Wildman–Crippen MR) is 153 cm³/mol. The Morgan fingerprint density at radius 3 is 2.71 bits per heavy atom. The van der Waals surface area contributed by atoms with Crippen LogP contribution in [0.2, 0.25) is 0 Å². The zero-order valence-electron chi connectivity index (χ0n) is 24.2. The van der Waals surface area contributed by atoms with E-state index >= 15 is 0 Å². The van der Waals surface area contributed by atoms with Gasteiger partial charge < -0.3 is 24.3 Å². The molecule has 9 nitrogen and oxygen atoms in total. The van der Waals surface area contributed by atoms with Gasteiger partial charge in [0.05, 0.1) is 25.8 Å². The third-order valence-corrected chi connectivity index (χ3v) is 8.24. The molecule has 5 heterocycles. The SMILES string of the molecule is Cc1c[nH]c2ncc(-c3cc4c(c(C5COCCN5C(=O)OC(C)(C)C)c3)CN(C(=O)N3CCC(F)C3)CC4)cc12. The van der Waals surface area contributed by atoms with E-state index in [2.05, 4.69) is 35.1 Å². The topological polar surface area (TPSA) is 91.0 Å². The summed E-state index contributed by atoms with van der Waals surface area (Å²) in [5.74, 6) is 0. The summed E-state index contributed by atoms with van der Waals surface area (Å²) in [5.41, 5.74) is 6.40. The smallest absolute Gasteiger partial charge is 0.410 e. The molecule has 218 valence electrons. The highest BCUT2D eigenvalue weighted by molar-refractivity contribution is 5.85. The zero-order chi connectivity index (χ0) is 28.9. The number of aromatic nitrogens is 2. The molecular formula is C31H38FN5O4. The number of pyridine rings is 1. The number of likely N-dealkylation sites (tertiary alicyclic amines) is 1. The number of aromatic amines is 1. The van der Waals surface area contributed by atoms with Gasteiger partial charge in [-0.05, 0) is 80.5 Å². The van der Waals surface area contributed by atoms with E-state index in [9.17, 15) is 14.0 Å². The molecule has 0 aliphatic carbocycles. The summed E-state index contributed by atoms with van der Waals surface area (Å²) in [5, 5.41) is 1.06. The van der Waals surface area contributed by atoms with E-state index in [1.165, 1.54) is 0 Å². The molecule has 3 aliphatic heterocycles. The van der Waals surface area contributed by atoms with Crippen molar-refractivity contribution in [3.05, 3.63) is 52.8 Å². The van der Waals surface area contributed by atoms with Crippen LogP contribution in [0.25, 0.3) is 22.2 Å². The minimum atomic E-state index is -0.967. The van der Waals surface area contributed by atoms with Crippen molar-refractivity contribution in [2.45, 2.75) is 64.9 Å². The van der Waals surface area contributed by atoms with Gasteiger partial charge in [0.25, 0.3) is 0 Å². The van der Waals surface area contributed by atoms with E-state index in [1.54, 1.807) is 9.80 Å². The number of nitrogens with zero attached hydrogens (tertiary/aromatic N) is 4. The second-order valence-corrected chi connectivity index (χ2v) is 12.3. The second-order valence-electron chi connectivity index (χ2n) is 12.3. The van der Waals surface area contributed by atoms with Gasteiger partial charge in [0.2, 0.25) is 0 Å². The Morgan fingerprint density at radius 1 is 1.12 bits per heavy atom. The fourth-order valence-corrected chi connectivity index (χ4v) is 6.11. The van der Waals surface area contributed by atoms with Crippen molar-refractivity contribution in [3.8, 4) is 11.1 Å². The number of benzene rings is 1. The van der Waals surface area contributed by atoms with Crippen molar-refractivity contribution in [3.63, 3.8) is 0 Å². The Labute approximate surface area is 239 Å². The number of carbonyl (C=O) groups is 2. The standard InChI is InChI=1S/C31H38FN5O4/c1-19-14-33-28-24(19)13-22(15-34-28)21-11-20-5-7-36(29(38)35-8-6-23(32)16-35)17-26(20)25(12-21)27-18-40-10-9-37(27)30(39)41-31(2,3)4/h11-15,23,27H,5-10,16-18H2,1-4H3,(H,33,34). The van der Waals surface area contributed by atoms with Crippen molar-refractivity contribution >= 4 is 23.2 Å². The molecule has 41 heavy (non-hydrogen) atoms. The van der Waals surface area contributed by atoms with Gasteiger partial charge in [-0.1, -0.05) is 6.07 Å². The first-order chi connectivity index (χ1) is 19.6. The third kappa shape index (κ3) is 5.49. The predicted octanol–water partition coefficient (Wildman–Crippen LogP) is 5.37. The highest BCUT2D eigenvalue weighted by atomic mass is 19.1. The Balaban J connectivity index is 1.41. The molecule has 0 radical (unpaired) electrons. The summed E-state index contributed by atoms with van der Waals surface area (Å²) in [6, 6.07) is 5.92. The highest BCUT2D eigenvalue weighted by Crippen LogP contribution is 2.37. The Morgan fingerprint density at radius 2 is 1.95 bits per heavy atom. The number of nitrogens with one attached hydrogen (secondary N) is 1. The molecule has 3 aliphatic rings. The normalized spacial score (nSPS) is 21.3. The van der Waals surface area contributed by atoms with Gasteiger partial charge in [0.15, 0.2) is 0 Å². The second kappa shape index (κ2) is 10.6. The number of aryl methyl sites for hydroxylation is 1. The molecule has 1 aromatic carbocycles. The van der Waals surface area contributed by atoms with E-state index in [0.29, 0.717) is 52.2 Å². The number of ether oxygens (including phenoxy) is 2. The van der Waals surface area contributed by atoms with E-state index in [-0.39, 0.29) is 24.7 Å². The Hall–Kier alpha value is -3.66. The first-order valence-corrected chi connectivity index (χ1v) is 14.4. The molecule has 2 unspecified atom stereocenters. The van der Waals surface area contributed by atoms with Crippen LogP contribution >= 0.6 is 0 Å². The van der Waals surface area contributed by atoms with Crippen LogP contribution in [0.3, 0.4) is 0 Å². The lowest BCUT2D eigenvalue weighted by molar-refractivity contribution is -0.0334. The number of H-pyrrole nitrogens is 1. The van der Waals surface area contributed by atoms with Crippen LogP contribution in [0.15, 0.2) is 30.6 Å². The molecule has 2 atom stereocenters. The fraction of sp³-hybridized carbons (Fsp3) is 0.516. The van der Waals surface area contributed by atoms with Crippen molar-refractivity contribution in [1.82, 2.24) is 24.7 Å². The number of carbonyl (C=O) groups excluding carboxylic acids is 2. The van der Waals surface area contributed by atoms with Gasteiger partial charge >= 0.3 is 12.1 Å². The minimum Gasteiger partial charge on any atom is -0.444 e. The molecule has 0 spiro atoms. The Bertz CT molecular complexity index is 1480. The summed E-state index contributed by atoms with van der Waals surface area (Å²) < 4.78 is 25.6. The zero-order valence-corrected chi connectivity index (χ0v) is 24.2. The van der Waals surface area contributed by atoms with Crippen molar-refractivity contribution < 1.29 is 23.5 Å². The van der Waals surface area contributed by atoms with E-state index < -0.39 is 11.8 Å². The summed E-state index contributed by atoms with van der Waals surface area (Å²) in [6.45, 7) is 10.3. The number of urea groups is 1. The van der Waals surface area contributed by atoms with Crippen LogP contribution < -0.4 is 0 Å². The first kappa shape index (κ1) is 27.5. The number of halogens is 1. The van der Waals surface area contributed by atoms with Crippen LogP contribution in [-0.2, 0) is 22.4 Å². The molecule has 2 aromatic heterocycles. The highest BCUT2D eigenvalue weighted by Gasteiger charge is 2.37. The Kier molecular flexibility index (Phi) is 7.13.